The summed E-state index contributed by atoms with van der Waals surface area (Å²) in [4.78, 5) is 2.39. The van der Waals surface area contributed by atoms with Crippen molar-refractivity contribution in [3.8, 4) is 0 Å². The van der Waals surface area contributed by atoms with Crippen molar-refractivity contribution in [2.45, 2.75) is 19.4 Å². The van der Waals surface area contributed by atoms with Gasteiger partial charge in [-0.25, -0.2) is 0 Å². The third-order valence-corrected chi connectivity index (χ3v) is 2.40. The molecule has 0 radical (unpaired) electrons. The van der Waals surface area contributed by atoms with Gasteiger partial charge in [-0.1, -0.05) is 6.92 Å². The van der Waals surface area contributed by atoms with Crippen molar-refractivity contribution in [3.63, 3.8) is 0 Å². The SMILES string of the molecule is CCN1CCCOC(CCl)C1. The molecule has 1 aliphatic heterocycles. The van der Waals surface area contributed by atoms with E-state index < -0.39 is 0 Å². The second kappa shape index (κ2) is 4.96. The molecule has 0 spiro atoms. The number of ether oxygens (including phenoxy) is 1. The first-order valence-corrected chi connectivity index (χ1v) is 4.80. The summed E-state index contributed by atoms with van der Waals surface area (Å²) in [6.07, 6.45) is 1.39. The minimum absolute atomic E-state index is 0.249. The van der Waals surface area contributed by atoms with Crippen LogP contribution in [0.25, 0.3) is 0 Å². The predicted octanol–water partition coefficient (Wildman–Crippen LogP) is 1.34. The molecular formula is C8H16ClNO. The van der Waals surface area contributed by atoms with Crippen LogP contribution in [0.1, 0.15) is 13.3 Å². The van der Waals surface area contributed by atoms with Gasteiger partial charge in [0.1, 0.15) is 0 Å². The molecule has 0 N–H and O–H groups in total. The number of rotatable bonds is 2. The van der Waals surface area contributed by atoms with Crippen molar-refractivity contribution < 1.29 is 4.74 Å². The van der Waals surface area contributed by atoms with E-state index in [1.54, 1.807) is 0 Å². The van der Waals surface area contributed by atoms with E-state index in [1.165, 1.54) is 0 Å². The summed E-state index contributed by atoms with van der Waals surface area (Å²) in [6, 6.07) is 0. The lowest BCUT2D eigenvalue weighted by Gasteiger charge is -2.20. The van der Waals surface area contributed by atoms with Crippen molar-refractivity contribution in [3.05, 3.63) is 0 Å². The lowest BCUT2D eigenvalue weighted by atomic mass is 10.3. The Hall–Kier alpha value is 0.210. The molecule has 1 saturated heterocycles. The maximum absolute atomic E-state index is 5.72. The third-order valence-electron chi connectivity index (χ3n) is 2.05. The molecule has 0 aromatic heterocycles. The van der Waals surface area contributed by atoms with E-state index in [9.17, 15) is 0 Å². The van der Waals surface area contributed by atoms with Crippen molar-refractivity contribution in [1.29, 1.82) is 0 Å². The monoisotopic (exact) mass is 177 g/mol. The average molecular weight is 178 g/mol. The third kappa shape index (κ3) is 2.97. The number of halogens is 1. The quantitative estimate of drug-likeness (QED) is 0.591. The Labute approximate surface area is 73.5 Å². The topological polar surface area (TPSA) is 12.5 Å². The smallest absolute Gasteiger partial charge is 0.0836 e. The van der Waals surface area contributed by atoms with Crippen LogP contribution >= 0.6 is 11.6 Å². The normalized spacial score (nSPS) is 28.4. The maximum Gasteiger partial charge on any atom is 0.0836 e. The van der Waals surface area contributed by atoms with Crippen LogP contribution in [0.2, 0.25) is 0 Å². The molecule has 66 valence electrons. The van der Waals surface area contributed by atoms with Crippen molar-refractivity contribution >= 4 is 11.6 Å². The Balaban J connectivity index is 2.33. The van der Waals surface area contributed by atoms with Gasteiger partial charge in [0, 0.05) is 25.6 Å². The second-order valence-electron chi connectivity index (χ2n) is 2.89. The number of likely N-dealkylation sites (N-methyl/N-ethyl adjacent to an activating group) is 1. The van der Waals surface area contributed by atoms with E-state index >= 15 is 0 Å². The van der Waals surface area contributed by atoms with E-state index in [-0.39, 0.29) is 6.10 Å². The molecule has 1 fully saturated rings. The van der Waals surface area contributed by atoms with Crippen LogP contribution in [-0.2, 0) is 4.74 Å². The summed E-state index contributed by atoms with van der Waals surface area (Å²) >= 11 is 5.72. The zero-order valence-corrected chi connectivity index (χ0v) is 7.81. The lowest BCUT2D eigenvalue weighted by Crippen LogP contribution is -2.32. The summed E-state index contributed by atoms with van der Waals surface area (Å²) in [6.45, 7) is 6.31. The molecule has 3 heteroatoms. The van der Waals surface area contributed by atoms with E-state index in [0.29, 0.717) is 5.88 Å². The Morgan fingerprint density at radius 2 is 2.45 bits per heavy atom. The minimum atomic E-state index is 0.249. The first-order valence-electron chi connectivity index (χ1n) is 4.26. The molecule has 0 saturated carbocycles. The van der Waals surface area contributed by atoms with Crippen molar-refractivity contribution in [1.82, 2.24) is 4.90 Å². The van der Waals surface area contributed by atoms with Gasteiger partial charge in [0.15, 0.2) is 0 Å². The summed E-state index contributed by atoms with van der Waals surface area (Å²) in [5, 5.41) is 0. The molecule has 1 aliphatic rings. The van der Waals surface area contributed by atoms with Gasteiger partial charge in [0.2, 0.25) is 0 Å². The average Bonchev–Trinajstić information content (AvgIpc) is 2.28. The summed E-state index contributed by atoms with van der Waals surface area (Å²) in [5.74, 6) is 0.622. The Bertz CT molecular complexity index is 98.3. The van der Waals surface area contributed by atoms with Crippen LogP contribution in [0.5, 0.6) is 0 Å². The van der Waals surface area contributed by atoms with Gasteiger partial charge in [-0.3, -0.25) is 0 Å². The van der Waals surface area contributed by atoms with Crippen molar-refractivity contribution in [2.75, 3.05) is 32.1 Å². The van der Waals surface area contributed by atoms with Gasteiger partial charge in [-0.15, -0.1) is 11.6 Å². The van der Waals surface area contributed by atoms with Crippen LogP contribution in [0.4, 0.5) is 0 Å². The zero-order chi connectivity index (χ0) is 8.10. The maximum atomic E-state index is 5.72. The van der Waals surface area contributed by atoms with E-state index in [2.05, 4.69) is 11.8 Å². The Kier molecular flexibility index (Phi) is 4.20. The Morgan fingerprint density at radius 1 is 1.64 bits per heavy atom. The van der Waals surface area contributed by atoms with Crippen LogP contribution in [0.15, 0.2) is 0 Å². The molecule has 0 bridgehead atoms. The second-order valence-corrected chi connectivity index (χ2v) is 3.20. The largest absolute Gasteiger partial charge is 0.376 e. The molecule has 2 nitrogen and oxygen atoms in total. The van der Waals surface area contributed by atoms with E-state index in [0.717, 1.165) is 32.7 Å². The molecule has 0 aliphatic carbocycles. The minimum Gasteiger partial charge on any atom is -0.376 e. The van der Waals surface area contributed by atoms with Crippen LogP contribution in [0.3, 0.4) is 0 Å². The number of alkyl halides is 1. The highest BCUT2D eigenvalue weighted by Gasteiger charge is 2.15. The molecule has 1 unspecified atom stereocenters. The Morgan fingerprint density at radius 3 is 3.09 bits per heavy atom. The van der Waals surface area contributed by atoms with Crippen molar-refractivity contribution in [2.24, 2.45) is 0 Å². The van der Waals surface area contributed by atoms with Crippen LogP contribution in [0, 0.1) is 0 Å². The summed E-state index contributed by atoms with van der Waals surface area (Å²) in [7, 11) is 0. The highest BCUT2D eigenvalue weighted by atomic mass is 35.5. The predicted molar refractivity (Wildman–Crippen MR) is 47.2 cm³/mol. The standard InChI is InChI=1S/C8H16ClNO/c1-2-10-4-3-5-11-8(6-9)7-10/h8H,2-7H2,1H3. The van der Waals surface area contributed by atoms with Crippen LogP contribution < -0.4 is 0 Å². The van der Waals surface area contributed by atoms with E-state index in [1.807, 2.05) is 0 Å². The lowest BCUT2D eigenvalue weighted by molar-refractivity contribution is 0.0708. The number of hydrogen-bond donors (Lipinski definition) is 0. The van der Waals surface area contributed by atoms with Gasteiger partial charge in [0.05, 0.1) is 6.10 Å². The van der Waals surface area contributed by atoms with Crippen LogP contribution in [-0.4, -0.2) is 43.1 Å². The summed E-state index contributed by atoms with van der Waals surface area (Å²) in [5.41, 5.74) is 0. The molecule has 0 aromatic rings. The molecule has 0 aromatic carbocycles. The van der Waals surface area contributed by atoms with Gasteiger partial charge in [-0.05, 0) is 13.0 Å². The fourth-order valence-electron chi connectivity index (χ4n) is 1.35. The van der Waals surface area contributed by atoms with Gasteiger partial charge < -0.3 is 9.64 Å². The molecule has 11 heavy (non-hydrogen) atoms. The molecule has 0 amide bonds. The molecule has 1 rings (SSSR count). The summed E-state index contributed by atoms with van der Waals surface area (Å²) < 4.78 is 5.51. The number of hydrogen-bond acceptors (Lipinski definition) is 2. The fourth-order valence-corrected chi connectivity index (χ4v) is 1.54. The van der Waals surface area contributed by atoms with Gasteiger partial charge in [0.25, 0.3) is 0 Å². The van der Waals surface area contributed by atoms with Gasteiger partial charge >= 0.3 is 0 Å². The first-order chi connectivity index (χ1) is 5.36. The molecular weight excluding hydrogens is 162 g/mol. The highest BCUT2D eigenvalue weighted by Crippen LogP contribution is 2.06. The van der Waals surface area contributed by atoms with E-state index in [4.69, 9.17) is 16.3 Å². The molecule has 1 atom stereocenters. The highest BCUT2D eigenvalue weighted by molar-refractivity contribution is 6.18. The fraction of sp³-hybridized carbons (Fsp3) is 1.00. The van der Waals surface area contributed by atoms with Gasteiger partial charge in [-0.2, -0.15) is 0 Å². The first kappa shape index (κ1) is 9.30. The zero-order valence-electron chi connectivity index (χ0n) is 7.05. The number of nitrogens with zero attached hydrogens (tertiary/aromatic N) is 1. The molecule has 1 heterocycles.